The van der Waals surface area contributed by atoms with E-state index in [0.717, 1.165) is 30.2 Å². The molecule has 0 radical (unpaired) electrons. The standard InChI is InChI=1S/C18H24N4/c1-3-22-11-7-10-16(22)13-19-18-12-17(14(2)20-21-18)15-8-5-4-6-9-15/h4-6,8-9,12,16H,3,7,10-11,13H2,1-2H3,(H,19,21). The normalized spacial score (nSPS) is 18.5. The maximum atomic E-state index is 4.31. The van der Waals surface area contributed by atoms with E-state index in [-0.39, 0.29) is 0 Å². The monoisotopic (exact) mass is 296 g/mol. The summed E-state index contributed by atoms with van der Waals surface area (Å²) in [6.07, 6.45) is 2.57. The molecule has 0 amide bonds. The Bertz CT molecular complexity index is 612. The van der Waals surface area contributed by atoms with Crippen LogP contribution in [0.5, 0.6) is 0 Å². The highest BCUT2D eigenvalue weighted by Crippen LogP contribution is 2.24. The van der Waals surface area contributed by atoms with E-state index < -0.39 is 0 Å². The van der Waals surface area contributed by atoms with Crippen molar-refractivity contribution in [2.24, 2.45) is 0 Å². The molecule has 2 heterocycles. The molecule has 1 aromatic carbocycles. The average molecular weight is 296 g/mol. The van der Waals surface area contributed by atoms with Gasteiger partial charge in [-0.25, -0.2) is 0 Å². The number of nitrogens with one attached hydrogen (secondary N) is 1. The summed E-state index contributed by atoms with van der Waals surface area (Å²) in [5.74, 6) is 0.868. The first kappa shape index (κ1) is 15.0. The Labute approximate surface area is 132 Å². The van der Waals surface area contributed by atoms with Crippen molar-refractivity contribution in [2.75, 3.05) is 25.0 Å². The lowest BCUT2D eigenvalue weighted by Crippen LogP contribution is -2.34. The maximum Gasteiger partial charge on any atom is 0.149 e. The third-order valence-electron chi connectivity index (χ3n) is 4.49. The second-order valence-corrected chi connectivity index (χ2v) is 5.90. The fourth-order valence-corrected chi connectivity index (χ4v) is 3.21. The van der Waals surface area contributed by atoms with Crippen molar-refractivity contribution in [1.29, 1.82) is 0 Å². The van der Waals surface area contributed by atoms with Crippen LogP contribution in [0.3, 0.4) is 0 Å². The maximum absolute atomic E-state index is 4.31. The van der Waals surface area contributed by atoms with Gasteiger partial charge in [0.25, 0.3) is 0 Å². The molecular weight excluding hydrogens is 272 g/mol. The van der Waals surface area contributed by atoms with Gasteiger partial charge < -0.3 is 5.32 Å². The van der Waals surface area contributed by atoms with Gasteiger partial charge in [-0.1, -0.05) is 37.3 Å². The van der Waals surface area contributed by atoms with Crippen LogP contribution >= 0.6 is 0 Å². The number of hydrogen-bond acceptors (Lipinski definition) is 4. The Hall–Kier alpha value is -1.94. The SMILES string of the molecule is CCN1CCCC1CNc1cc(-c2ccccc2)c(C)nn1. The second-order valence-electron chi connectivity index (χ2n) is 5.90. The number of benzene rings is 1. The second kappa shape index (κ2) is 6.88. The molecule has 1 aliphatic rings. The number of nitrogens with zero attached hydrogens (tertiary/aromatic N) is 3. The van der Waals surface area contributed by atoms with Crippen molar-refractivity contribution in [3.63, 3.8) is 0 Å². The third kappa shape index (κ3) is 3.28. The van der Waals surface area contributed by atoms with E-state index in [2.05, 4.69) is 57.7 Å². The van der Waals surface area contributed by atoms with E-state index in [1.54, 1.807) is 0 Å². The molecule has 0 spiro atoms. The van der Waals surface area contributed by atoms with E-state index in [9.17, 15) is 0 Å². The molecule has 1 fully saturated rings. The molecule has 2 aromatic rings. The quantitative estimate of drug-likeness (QED) is 0.918. The average Bonchev–Trinajstić information content (AvgIpc) is 3.02. The summed E-state index contributed by atoms with van der Waals surface area (Å²) in [7, 11) is 0. The molecule has 1 saturated heterocycles. The van der Waals surface area contributed by atoms with Crippen molar-refractivity contribution < 1.29 is 0 Å². The Morgan fingerprint density at radius 2 is 2.05 bits per heavy atom. The number of likely N-dealkylation sites (N-methyl/N-ethyl adjacent to an activating group) is 1. The van der Waals surface area contributed by atoms with E-state index in [0.29, 0.717) is 6.04 Å². The fraction of sp³-hybridized carbons (Fsp3) is 0.444. The first-order chi connectivity index (χ1) is 10.8. The van der Waals surface area contributed by atoms with Gasteiger partial charge in [-0.05, 0) is 44.5 Å². The molecule has 1 unspecified atom stereocenters. The van der Waals surface area contributed by atoms with Crippen LogP contribution in [0.1, 0.15) is 25.5 Å². The van der Waals surface area contributed by atoms with Crippen LogP contribution in [0.25, 0.3) is 11.1 Å². The van der Waals surface area contributed by atoms with Gasteiger partial charge in [0.15, 0.2) is 0 Å². The molecule has 4 nitrogen and oxygen atoms in total. The molecular formula is C18H24N4. The number of rotatable bonds is 5. The van der Waals surface area contributed by atoms with Gasteiger partial charge in [0.2, 0.25) is 0 Å². The molecule has 1 aliphatic heterocycles. The summed E-state index contributed by atoms with van der Waals surface area (Å²) < 4.78 is 0. The molecule has 22 heavy (non-hydrogen) atoms. The molecule has 4 heteroatoms. The molecule has 3 rings (SSSR count). The van der Waals surface area contributed by atoms with Gasteiger partial charge in [-0.2, -0.15) is 5.10 Å². The zero-order valence-electron chi connectivity index (χ0n) is 13.4. The van der Waals surface area contributed by atoms with Gasteiger partial charge in [-0.15, -0.1) is 5.10 Å². The van der Waals surface area contributed by atoms with Crippen LogP contribution in [0.15, 0.2) is 36.4 Å². The summed E-state index contributed by atoms with van der Waals surface area (Å²) in [5, 5.41) is 12.1. The van der Waals surface area contributed by atoms with Gasteiger partial charge in [0.1, 0.15) is 5.82 Å². The first-order valence-corrected chi connectivity index (χ1v) is 8.15. The van der Waals surface area contributed by atoms with Crippen LogP contribution in [-0.2, 0) is 0 Å². The number of hydrogen-bond donors (Lipinski definition) is 1. The van der Waals surface area contributed by atoms with Crippen LogP contribution in [0.4, 0.5) is 5.82 Å². The van der Waals surface area contributed by atoms with Crippen molar-refractivity contribution in [3.05, 3.63) is 42.1 Å². The number of aryl methyl sites for hydroxylation is 1. The highest BCUT2D eigenvalue weighted by Gasteiger charge is 2.22. The number of anilines is 1. The Kier molecular flexibility index (Phi) is 4.68. The molecule has 1 atom stereocenters. The van der Waals surface area contributed by atoms with E-state index in [1.165, 1.54) is 24.9 Å². The lowest BCUT2D eigenvalue weighted by Gasteiger charge is -2.23. The van der Waals surface area contributed by atoms with Gasteiger partial charge in [0, 0.05) is 18.2 Å². The third-order valence-corrected chi connectivity index (χ3v) is 4.49. The zero-order chi connectivity index (χ0) is 15.4. The number of likely N-dealkylation sites (tertiary alicyclic amines) is 1. The Morgan fingerprint density at radius 1 is 1.23 bits per heavy atom. The van der Waals surface area contributed by atoms with Crippen molar-refractivity contribution in [3.8, 4) is 11.1 Å². The van der Waals surface area contributed by atoms with Gasteiger partial charge in [-0.3, -0.25) is 4.90 Å². The minimum absolute atomic E-state index is 0.619. The minimum atomic E-state index is 0.619. The molecule has 116 valence electrons. The Balaban J connectivity index is 1.72. The van der Waals surface area contributed by atoms with Gasteiger partial charge in [0.05, 0.1) is 5.69 Å². The topological polar surface area (TPSA) is 41.0 Å². The summed E-state index contributed by atoms with van der Waals surface area (Å²) in [6.45, 7) is 7.53. The van der Waals surface area contributed by atoms with Crippen molar-refractivity contribution >= 4 is 5.82 Å². The smallest absolute Gasteiger partial charge is 0.149 e. The molecule has 1 N–H and O–H groups in total. The Morgan fingerprint density at radius 3 is 2.82 bits per heavy atom. The minimum Gasteiger partial charge on any atom is -0.367 e. The first-order valence-electron chi connectivity index (χ1n) is 8.15. The molecule has 0 aliphatic carbocycles. The summed E-state index contributed by atoms with van der Waals surface area (Å²) >= 11 is 0. The lowest BCUT2D eigenvalue weighted by atomic mass is 10.1. The molecule has 1 aromatic heterocycles. The van der Waals surface area contributed by atoms with Crippen molar-refractivity contribution in [2.45, 2.75) is 32.7 Å². The molecule has 0 bridgehead atoms. The van der Waals surface area contributed by atoms with Crippen LogP contribution in [-0.4, -0.2) is 40.8 Å². The fourth-order valence-electron chi connectivity index (χ4n) is 3.21. The van der Waals surface area contributed by atoms with Crippen LogP contribution < -0.4 is 5.32 Å². The summed E-state index contributed by atoms with van der Waals surface area (Å²) in [6, 6.07) is 13.1. The molecule has 0 saturated carbocycles. The zero-order valence-corrected chi connectivity index (χ0v) is 13.4. The summed E-state index contributed by atoms with van der Waals surface area (Å²) in [4.78, 5) is 2.53. The largest absolute Gasteiger partial charge is 0.367 e. The van der Waals surface area contributed by atoms with Crippen LogP contribution in [0, 0.1) is 6.92 Å². The highest BCUT2D eigenvalue weighted by atomic mass is 15.2. The summed E-state index contributed by atoms with van der Waals surface area (Å²) in [5.41, 5.74) is 3.30. The van der Waals surface area contributed by atoms with Gasteiger partial charge >= 0.3 is 0 Å². The predicted octanol–water partition coefficient (Wildman–Crippen LogP) is 3.35. The van der Waals surface area contributed by atoms with Crippen molar-refractivity contribution in [1.82, 2.24) is 15.1 Å². The van der Waals surface area contributed by atoms with E-state index >= 15 is 0 Å². The van der Waals surface area contributed by atoms with E-state index in [4.69, 9.17) is 0 Å². The number of aromatic nitrogens is 2. The predicted molar refractivity (Wildman–Crippen MR) is 91.0 cm³/mol. The van der Waals surface area contributed by atoms with E-state index in [1.807, 2.05) is 13.0 Å². The highest BCUT2D eigenvalue weighted by molar-refractivity contribution is 5.68. The van der Waals surface area contributed by atoms with Crippen LogP contribution in [0.2, 0.25) is 0 Å². The lowest BCUT2D eigenvalue weighted by molar-refractivity contribution is 0.277.